The van der Waals surface area contributed by atoms with Crippen molar-refractivity contribution in [3.63, 3.8) is 0 Å². The molecule has 0 bridgehead atoms. The third-order valence-corrected chi connectivity index (χ3v) is 7.62. The molecule has 6 heteroatoms. The van der Waals surface area contributed by atoms with Crippen molar-refractivity contribution >= 4 is 11.3 Å². The first-order valence-corrected chi connectivity index (χ1v) is 12.6. The van der Waals surface area contributed by atoms with Crippen LogP contribution < -0.4 is 23.5 Å². The molecule has 0 saturated heterocycles. The topological polar surface area (TPSA) is 40.8 Å². The van der Waals surface area contributed by atoms with Gasteiger partial charge in [-0.15, -0.1) is 0 Å². The molecule has 35 heavy (non-hydrogen) atoms. The SMILES string of the molecule is COc1cc(OC)cc(-c2cccc(-c3cc(OC)cc(OC)c3)c2-[n+]2csc3c2CCCC3)c1. The van der Waals surface area contributed by atoms with Crippen LogP contribution in [0.15, 0.2) is 60.1 Å². The first kappa shape index (κ1) is 23.2. The molecule has 1 aliphatic carbocycles. The van der Waals surface area contributed by atoms with E-state index in [9.17, 15) is 0 Å². The van der Waals surface area contributed by atoms with Gasteiger partial charge in [-0.1, -0.05) is 17.4 Å². The minimum atomic E-state index is 0.760. The number of methoxy groups -OCH3 is 4. The number of para-hydroxylation sites is 1. The molecule has 0 amide bonds. The number of hydrogen-bond acceptors (Lipinski definition) is 5. The highest BCUT2D eigenvalue weighted by atomic mass is 32.1. The van der Waals surface area contributed by atoms with E-state index >= 15 is 0 Å². The highest BCUT2D eigenvalue weighted by Gasteiger charge is 2.30. The molecule has 5 nitrogen and oxygen atoms in total. The van der Waals surface area contributed by atoms with E-state index in [1.165, 1.54) is 23.4 Å². The van der Waals surface area contributed by atoms with Crippen LogP contribution >= 0.6 is 11.3 Å². The predicted octanol–water partition coefficient (Wildman–Crippen LogP) is 6.27. The summed E-state index contributed by atoms with van der Waals surface area (Å²) in [7, 11) is 6.73. The molecule has 1 heterocycles. The third-order valence-electron chi connectivity index (χ3n) is 6.58. The number of aromatic nitrogens is 1. The van der Waals surface area contributed by atoms with Crippen LogP contribution in [0.2, 0.25) is 0 Å². The fraction of sp³-hybridized carbons (Fsp3) is 0.276. The average molecular weight is 489 g/mol. The highest BCUT2D eigenvalue weighted by molar-refractivity contribution is 7.09. The van der Waals surface area contributed by atoms with E-state index < -0.39 is 0 Å². The molecule has 0 unspecified atom stereocenters. The molecule has 4 aromatic rings. The van der Waals surface area contributed by atoms with E-state index in [2.05, 4.69) is 52.5 Å². The molecule has 3 aromatic carbocycles. The van der Waals surface area contributed by atoms with E-state index in [0.717, 1.165) is 63.8 Å². The Kier molecular flexibility index (Phi) is 6.64. The van der Waals surface area contributed by atoms with Crippen LogP contribution in [0.1, 0.15) is 23.4 Å². The average Bonchev–Trinajstić information content (AvgIpc) is 3.35. The number of fused-ring (bicyclic) bond motifs is 1. The standard InChI is InChI=1S/C29H30NO4S/c1-31-21-12-19(13-22(16-21)32-2)25-8-7-9-26(20-14-23(33-3)17-24(15-20)34-4)29(25)30-18-35-28-11-6-5-10-27(28)30/h7-9,12-18H,5-6,10-11H2,1-4H3/q+1. The molecule has 0 aliphatic heterocycles. The Morgan fingerprint density at radius 2 is 1.14 bits per heavy atom. The number of rotatable bonds is 7. The molecule has 0 atom stereocenters. The lowest BCUT2D eigenvalue weighted by molar-refractivity contribution is -0.598. The summed E-state index contributed by atoms with van der Waals surface area (Å²) in [5.74, 6) is 3.04. The van der Waals surface area contributed by atoms with Gasteiger partial charge in [-0.05, 0) is 66.8 Å². The van der Waals surface area contributed by atoms with Crippen LogP contribution in [0.25, 0.3) is 27.9 Å². The summed E-state index contributed by atoms with van der Waals surface area (Å²) < 4.78 is 24.8. The normalized spacial score (nSPS) is 12.7. The van der Waals surface area contributed by atoms with Crippen molar-refractivity contribution in [2.45, 2.75) is 25.7 Å². The van der Waals surface area contributed by atoms with E-state index in [4.69, 9.17) is 18.9 Å². The Bertz CT molecular complexity index is 1240. The molecule has 0 fully saturated rings. The van der Waals surface area contributed by atoms with Crippen molar-refractivity contribution < 1.29 is 23.5 Å². The maximum absolute atomic E-state index is 5.60. The Balaban J connectivity index is 1.81. The largest absolute Gasteiger partial charge is 0.497 e. The quantitative estimate of drug-likeness (QED) is 0.288. The molecule has 0 spiro atoms. The second kappa shape index (κ2) is 10.0. The van der Waals surface area contributed by atoms with Gasteiger partial charge >= 0.3 is 0 Å². The van der Waals surface area contributed by atoms with Crippen molar-refractivity contribution in [2.24, 2.45) is 0 Å². The molecule has 0 radical (unpaired) electrons. The van der Waals surface area contributed by atoms with Gasteiger partial charge in [0, 0.05) is 18.6 Å². The third kappa shape index (κ3) is 4.46. The molecule has 0 saturated carbocycles. The zero-order valence-corrected chi connectivity index (χ0v) is 21.4. The fourth-order valence-electron chi connectivity index (χ4n) is 4.81. The van der Waals surface area contributed by atoms with Crippen molar-refractivity contribution in [1.29, 1.82) is 0 Å². The fourth-order valence-corrected chi connectivity index (χ4v) is 5.87. The smallest absolute Gasteiger partial charge is 0.231 e. The summed E-state index contributed by atoms with van der Waals surface area (Å²) in [6.07, 6.45) is 4.68. The minimum absolute atomic E-state index is 0.760. The second-order valence-corrected chi connectivity index (χ2v) is 9.51. The zero-order chi connectivity index (χ0) is 24.4. The summed E-state index contributed by atoms with van der Waals surface area (Å²) >= 11 is 1.85. The number of hydrogen-bond donors (Lipinski definition) is 0. The maximum atomic E-state index is 5.60. The van der Waals surface area contributed by atoms with Crippen LogP contribution in [0.5, 0.6) is 23.0 Å². The van der Waals surface area contributed by atoms with Crippen LogP contribution in [-0.2, 0) is 12.8 Å². The Morgan fingerprint density at radius 1 is 0.657 bits per heavy atom. The molecule has 0 N–H and O–H groups in total. The van der Waals surface area contributed by atoms with Crippen molar-refractivity contribution in [2.75, 3.05) is 28.4 Å². The first-order valence-electron chi connectivity index (χ1n) is 11.8. The summed E-state index contributed by atoms with van der Waals surface area (Å²) in [5, 5.41) is 0. The summed E-state index contributed by atoms with van der Waals surface area (Å²) in [6.45, 7) is 0. The van der Waals surface area contributed by atoms with Gasteiger partial charge in [0.1, 0.15) is 23.0 Å². The van der Waals surface area contributed by atoms with Crippen molar-refractivity contribution in [3.05, 3.63) is 70.7 Å². The monoisotopic (exact) mass is 488 g/mol. The van der Waals surface area contributed by atoms with Crippen LogP contribution in [0.3, 0.4) is 0 Å². The van der Waals surface area contributed by atoms with Gasteiger partial charge in [0.15, 0.2) is 0 Å². The summed E-state index contributed by atoms with van der Waals surface area (Å²) in [6, 6.07) is 18.5. The highest BCUT2D eigenvalue weighted by Crippen LogP contribution is 2.39. The molecule has 1 aliphatic rings. The number of aryl methyl sites for hydroxylation is 1. The number of thiazole rings is 1. The minimum Gasteiger partial charge on any atom is -0.497 e. The molecular formula is C29H30NO4S+. The lowest BCUT2D eigenvalue weighted by atomic mass is 9.94. The second-order valence-electron chi connectivity index (χ2n) is 8.57. The Morgan fingerprint density at radius 3 is 1.63 bits per heavy atom. The van der Waals surface area contributed by atoms with Crippen molar-refractivity contribution in [3.8, 4) is 50.9 Å². The Labute approximate surface area is 210 Å². The molecule has 5 rings (SSSR count). The van der Waals surface area contributed by atoms with Gasteiger partial charge in [-0.25, -0.2) is 0 Å². The lowest BCUT2D eigenvalue weighted by Crippen LogP contribution is -2.35. The van der Waals surface area contributed by atoms with Gasteiger partial charge in [0.2, 0.25) is 16.9 Å². The van der Waals surface area contributed by atoms with Gasteiger partial charge in [-0.2, -0.15) is 4.57 Å². The van der Waals surface area contributed by atoms with E-state index in [1.54, 1.807) is 28.4 Å². The maximum Gasteiger partial charge on any atom is 0.231 e. The predicted molar refractivity (Wildman–Crippen MR) is 140 cm³/mol. The van der Waals surface area contributed by atoms with Gasteiger partial charge in [0.25, 0.3) is 0 Å². The van der Waals surface area contributed by atoms with E-state index in [0.29, 0.717) is 0 Å². The zero-order valence-electron chi connectivity index (χ0n) is 20.6. The van der Waals surface area contributed by atoms with Gasteiger partial charge in [0.05, 0.1) is 44.4 Å². The van der Waals surface area contributed by atoms with E-state index in [1.807, 2.05) is 23.5 Å². The van der Waals surface area contributed by atoms with Crippen LogP contribution in [-0.4, -0.2) is 28.4 Å². The molecule has 1 aromatic heterocycles. The summed E-state index contributed by atoms with van der Waals surface area (Å²) in [5.41, 5.74) is 9.09. The van der Waals surface area contributed by atoms with Gasteiger partial charge < -0.3 is 18.9 Å². The summed E-state index contributed by atoms with van der Waals surface area (Å²) in [4.78, 5) is 1.48. The first-order chi connectivity index (χ1) is 17.1. The molecule has 180 valence electrons. The number of ether oxygens (including phenoxy) is 4. The van der Waals surface area contributed by atoms with Crippen LogP contribution in [0, 0.1) is 0 Å². The van der Waals surface area contributed by atoms with Crippen LogP contribution in [0.4, 0.5) is 0 Å². The Hall–Kier alpha value is -3.51. The number of nitrogens with zero attached hydrogens (tertiary/aromatic N) is 1. The lowest BCUT2D eigenvalue weighted by Gasteiger charge is -2.15. The van der Waals surface area contributed by atoms with E-state index in [-0.39, 0.29) is 0 Å². The molecular weight excluding hydrogens is 458 g/mol. The van der Waals surface area contributed by atoms with Crippen molar-refractivity contribution in [1.82, 2.24) is 0 Å². The number of benzene rings is 3. The van der Waals surface area contributed by atoms with Gasteiger partial charge in [-0.3, -0.25) is 0 Å².